The zero-order valence-corrected chi connectivity index (χ0v) is 9.88. The minimum Gasteiger partial charge on any atom is -0.506 e. The number of aromatic hydroxyl groups is 1. The van der Waals surface area contributed by atoms with Crippen LogP contribution >= 0.6 is 12.2 Å². The number of nitrogens with one attached hydrogen (secondary N) is 1. The maximum atomic E-state index is 9.55. The van der Waals surface area contributed by atoms with E-state index in [-0.39, 0.29) is 10.9 Å². The summed E-state index contributed by atoms with van der Waals surface area (Å²) in [6.45, 7) is 0. The second-order valence-electron chi connectivity index (χ2n) is 3.07. The van der Waals surface area contributed by atoms with Gasteiger partial charge in [-0.1, -0.05) is 6.07 Å². The molecule has 0 aliphatic carbocycles. The van der Waals surface area contributed by atoms with Crippen LogP contribution in [0.25, 0.3) is 0 Å². The van der Waals surface area contributed by atoms with Crippen molar-refractivity contribution in [3.05, 3.63) is 23.8 Å². The van der Waals surface area contributed by atoms with Gasteiger partial charge < -0.3 is 25.6 Å². The van der Waals surface area contributed by atoms with Crippen molar-refractivity contribution >= 4 is 23.0 Å². The lowest BCUT2D eigenvalue weighted by atomic mass is 10.2. The molecule has 88 valence electrons. The smallest absolute Gasteiger partial charge is 0.183 e. The molecular formula is C10H14N2O3S. The second kappa shape index (κ2) is 5.64. The fraction of sp³-hybridized carbons (Fsp3) is 0.300. The average Bonchev–Trinajstić information content (AvgIpc) is 2.23. The van der Waals surface area contributed by atoms with Crippen LogP contribution in [-0.4, -0.2) is 24.4 Å². The molecule has 1 rings (SSSR count). The van der Waals surface area contributed by atoms with Gasteiger partial charge in [0.25, 0.3) is 0 Å². The third-order valence-electron chi connectivity index (χ3n) is 1.98. The number of thiocarbonyl (C=S) groups is 1. The van der Waals surface area contributed by atoms with E-state index in [1.165, 1.54) is 20.3 Å². The molecule has 0 amide bonds. The molecule has 0 aliphatic heterocycles. The third-order valence-corrected chi connectivity index (χ3v) is 2.08. The van der Waals surface area contributed by atoms with Crippen molar-refractivity contribution < 1.29 is 14.6 Å². The Hall–Kier alpha value is -1.37. The van der Waals surface area contributed by atoms with Gasteiger partial charge in [-0.2, -0.15) is 0 Å². The van der Waals surface area contributed by atoms with Crippen molar-refractivity contribution in [3.8, 4) is 5.75 Å². The van der Waals surface area contributed by atoms with E-state index in [4.69, 9.17) is 27.4 Å². The first-order valence-corrected chi connectivity index (χ1v) is 4.94. The summed E-state index contributed by atoms with van der Waals surface area (Å²) in [5, 5.41) is 12.3. The lowest BCUT2D eigenvalue weighted by Gasteiger charge is -2.15. The number of hydrogen-bond donors (Lipinski definition) is 3. The highest BCUT2D eigenvalue weighted by Gasteiger charge is 2.11. The van der Waals surface area contributed by atoms with Crippen molar-refractivity contribution in [2.24, 2.45) is 5.73 Å². The standard InChI is InChI=1S/C10H14N2O3S/c1-14-9(15-2)6-3-4-8(13)7(5-6)12-10(11)16/h3-5,9,13H,1-2H3,(H3,11,12,16). The molecule has 4 N–H and O–H groups in total. The zero-order valence-electron chi connectivity index (χ0n) is 9.06. The van der Waals surface area contributed by atoms with Crippen LogP contribution in [0.3, 0.4) is 0 Å². The topological polar surface area (TPSA) is 76.7 Å². The van der Waals surface area contributed by atoms with Crippen LogP contribution in [-0.2, 0) is 9.47 Å². The quantitative estimate of drug-likeness (QED) is 0.420. The van der Waals surface area contributed by atoms with E-state index >= 15 is 0 Å². The average molecular weight is 242 g/mol. The molecule has 0 fully saturated rings. The first-order chi connectivity index (χ1) is 7.58. The number of anilines is 1. The number of rotatable bonds is 4. The molecule has 0 spiro atoms. The first-order valence-electron chi connectivity index (χ1n) is 4.53. The number of ether oxygens (including phenoxy) is 2. The van der Waals surface area contributed by atoms with Crippen LogP contribution in [0.15, 0.2) is 18.2 Å². The fourth-order valence-corrected chi connectivity index (χ4v) is 1.41. The molecule has 5 nitrogen and oxygen atoms in total. The molecule has 0 bridgehead atoms. The van der Waals surface area contributed by atoms with Gasteiger partial charge in [-0.25, -0.2) is 0 Å². The van der Waals surface area contributed by atoms with Gasteiger partial charge in [-0.05, 0) is 24.4 Å². The summed E-state index contributed by atoms with van der Waals surface area (Å²) in [6, 6.07) is 4.87. The van der Waals surface area contributed by atoms with Crippen molar-refractivity contribution in [3.63, 3.8) is 0 Å². The van der Waals surface area contributed by atoms with Crippen LogP contribution in [0.2, 0.25) is 0 Å². The van der Waals surface area contributed by atoms with E-state index < -0.39 is 6.29 Å². The minimum atomic E-state index is -0.493. The Balaban J connectivity index is 3.01. The van der Waals surface area contributed by atoms with Gasteiger partial charge >= 0.3 is 0 Å². The van der Waals surface area contributed by atoms with E-state index in [0.717, 1.165) is 5.56 Å². The summed E-state index contributed by atoms with van der Waals surface area (Å²) in [6.07, 6.45) is -0.493. The van der Waals surface area contributed by atoms with Gasteiger partial charge in [-0.3, -0.25) is 0 Å². The van der Waals surface area contributed by atoms with Crippen LogP contribution in [0.4, 0.5) is 5.69 Å². The van der Waals surface area contributed by atoms with Gasteiger partial charge in [0.2, 0.25) is 0 Å². The molecule has 16 heavy (non-hydrogen) atoms. The zero-order chi connectivity index (χ0) is 12.1. The summed E-state index contributed by atoms with van der Waals surface area (Å²) >= 11 is 4.70. The number of hydrogen-bond acceptors (Lipinski definition) is 4. The van der Waals surface area contributed by atoms with Gasteiger partial charge in [0, 0.05) is 19.8 Å². The summed E-state index contributed by atoms with van der Waals surface area (Å²) in [5.74, 6) is 0.0579. The Labute approximate surface area is 99.2 Å². The number of methoxy groups -OCH3 is 2. The lowest BCUT2D eigenvalue weighted by molar-refractivity contribution is -0.105. The maximum absolute atomic E-state index is 9.55. The van der Waals surface area contributed by atoms with Crippen LogP contribution in [0, 0.1) is 0 Å². The maximum Gasteiger partial charge on any atom is 0.183 e. The molecule has 1 aromatic rings. The highest BCUT2D eigenvalue weighted by Crippen LogP contribution is 2.28. The number of nitrogens with two attached hydrogens (primary N) is 1. The van der Waals surface area contributed by atoms with Crippen molar-refractivity contribution in [2.75, 3.05) is 19.5 Å². The van der Waals surface area contributed by atoms with Crippen LogP contribution in [0.1, 0.15) is 11.9 Å². The van der Waals surface area contributed by atoms with Crippen LogP contribution < -0.4 is 11.1 Å². The largest absolute Gasteiger partial charge is 0.506 e. The Kier molecular flexibility index (Phi) is 4.48. The van der Waals surface area contributed by atoms with E-state index in [1.54, 1.807) is 12.1 Å². The van der Waals surface area contributed by atoms with Crippen molar-refractivity contribution in [2.45, 2.75) is 6.29 Å². The molecule has 1 aromatic carbocycles. The van der Waals surface area contributed by atoms with Gasteiger partial charge in [0.1, 0.15) is 5.75 Å². The number of benzene rings is 1. The van der Waals surface area contributed by atoms with E-state index in [9.17, 15) is 5.11 Å². The molecule has 0 unspecified atom stereocenters. The summed E-state index contributed by atoms with van der Waals surface area (Å²) in [7, 11) is 3.06. The van der Waals surface area contributed by atoms with E-state index in [2.05, 4.69) is 5.32 Å². The fourth-order valence-electron chi connectivity index (χ4n) is 1.30. The Morgan fingerprint density at radius 1 is 1.44 bits per heavy atom. The minimum absolute atomic E-state index is 0.0579. The molecule has 0 saturated heterocycles. The second-order valence-corrected chi connectivity index (χ2v) is 3.51. The van der Waals surface area contributed by atoms with E-state index in [1.807, 2.05) is 0 Å². The Morgan fingerprint density at radius 2 is 2.06 bits per heavy atom. The molecule has 0 atom stereocenters. The summed E-state index contributed by atoms with van der Waals surface area (Å²) in [5.41, 5.74) is 6.50. The summed E-state index contributed by atoms with van der Waals surface area (Å²) < 4.78 is 10.2. The molecule has 0 aliphatic rings. The normalized spacial score (nSPS) is 10.4. The number of phenolic OH excluding ortho intramolecular Hbond substituents is 1. The molecule has 0 heterocycles. The highest BCUT2D eigenvalue weighted by molar-refractivity contribution is 7.80. The van der Waals surface area contributed by atoms with Crippen LogP contribution in [0.5, 0.6) is 5.75 Å². The van der Waals surface area contributed by atoms with Gasteiger partial charge in [0.05, 0.1) is 5.69 Å². The monoisotopic (exact) mass is 242 g/mol. The Bertz CT molecular complexity index is 380. The third kappa shape index (κ3) is 3.06. The molecule has 0 aromatic heterocycles. The summed E-state index contributed by atoms with van der Waals surface area (Å²) in [4.78, 5) is 0. The SMILES string of the molecule is COC(OC)c1ccc(O)c(NC(N)=S)c1. The molecule has 0 radical (unpaired) electrons. The number of phenols is 1. The Morgan fingerprint density at radius 3 is 2.56 bits per heavy atom. The predicted molar refractivity (Wildman–Crippen MR) is 65.3 cm³/mol. The van der Waals surface area contributed by atoms with Gasteiger partial charge in [-0.15, -0.1) is 0 Å². The van der Waals surface area contributed by atoms with Crippen molar-refractivity contribution in [1.29, 1.82) is 0 Å². The molecule has 0 saturated carbocycles. The highest BCUT2D eigenvalue weighted by atomic mass is 32.1. The van der Waals surface area contributed by atoms with E-state index in [0.29, 0.717) is 5.69 Å². The lowest BCUT2D eigenvalue weighted by Crippen LogP contribution is -2.19. The van der Waals surface area contributed by atoms with Gasteiger partial charge in [0.15, 0.2) is 11.4 Å². The van der Waals surface area contributed by atoms with Crippen molar-refractivity contribution in [1.82, 2.24) is 0 Å². The molecular weight excluding hydrogens is 228 g/mol. The first kappa shape index (κ1) is 12.7. The molecule has 6 heteroatoms. The predicted octanol–water partition coefficient (Wildman–Crippen LogP) is 1.34.